The number of allylic oxidation sites excluding steroid dienone is 2. The minimum absolute atomic E-state index is 0.0232. The largest absolute Gasteiger partial charge is 0.345 e. The summed E-state index contributed by atoms with van der Waals surface area (Å²) in [5, 5.41) is 0.654. The Morgan fingerprint density at radius 1 is 1.32 bits per heavy atom. The Kier molecular flexibility index (Phi) is 6.10. The second-order valence-corrected chi connectivity index (χ2v) is 5.19. The van der Waals surface area contributed by atoms with Crippen LogP contribution >= 0.6 is 11.6 Å². The van der Waals surface area contributed by atoms with Crippen molar-refractivity contribution >= 4 is 23.1 Å². The van der Waals surface area contributed by atoms with Gasteiger partial charge in [-0.05, 0) is 36.1 Å². The van der Waals surface area contributed by atoms with E-state index in [9.17, 15) is 4.79 Å². The molecule has 0 saturated heterocycles. The molecule has 0 unspecified atom stereocenters. The number of benzene rings is 1. The van der Waals surface area contributed by atoms with Crippen molar-refractivity contribution in [3.8, 4) is 0 Å². The summed E-state index contributed by atoms with van der Waals surface area (Å²) in [7, 11) is 3.48. The van der Waals surface area contributed by atoms with Crippen LogP contribution in [0.5, 0.6) is 0 Å². The van der Waals surface area contributed by atoms with Crippen molar-refractivity contribution in [2.24, 2.45) is 0 Å². The molecular weight excluding hydrogens is 258 g/mol. The van der Waals surface area contributed by atoms with Gasteiger partial charge < -0.3 is 4.90 Å². The third kappa shape index (κ3) is 4.10. The van der Waals surface area contributed by atoms with E-state index in [0.717, 1.165) is 24.8 Å². The molecule has 19 heavy (non-hydrogen) atoms. The quantitative estimate of drug-likeness (QED) is 0.769. The Bertz CT molecular complexity index is 478. The molecule has 0 spiro atoms. The van der Waals surface area contributed by atoms with E-state index < -0.39 is 0 Å². The average Bonchev–Trinajstić information content (AvgIpc) is 2.37. The van der Waals surface area contributed by atoms with Crippen LogP contribution in [0.1, 0.15) is 49.0 Å². The van der Waals surface area contributed by atoms with Crippen LogP contribution in [-0.2, 0) is 0 Å². The number of rotatable bonds is 5. The monoisotopic (exact) mass is 279 g/mol. The Morgan fingerprint density at radius 3 is 2.47 bits per heavy atom. The number of nitrogens with zero attached hydrogens (tertiary/aromatic N) is 1. The third-order valence-electron chi connectivity index (χ3n) is 2.94. The molecule has 0 aliphatic heterocycles. The molecule has 3 heteroatoms. The molecule has 0 N–H and O–H groups in total. The summed E-state index contributed by atoms with van der Waals surface area (Å²) in [4.78, 5) is 13.4. The van der Waals surface area contributed by atoms with Gasteiger partial charge in [-0.3, -0.25) is 4.79 Å². The lowest BCUT2D eigenvalue weighted by Crippen LogP contribution is -2.21. The first-order valence-electron chi connectivity index (χ1n) is 6.71. The topological polar surface area (TPSA) is 20.3 Å². The molecule has 0 atom stereocenters. The maximum absolute atomic E-state index is 11.9. The van der Waals surface area contributed by atoms with Gasteiger partial charge in [0, 0.05) is 24.7 Å². The van der Waals surface area contributed by atoms with Crippen molar-refractivity contribution in [1.82, 2.24) is 4.90 Å². The first-order chi connectivity index (χ1) is 9.01. The fourth-order valence-electron chi connectivity index (χ4n) is 2.03. The molecule has 2 nitrogen and oxygen atoms in total. The Morgan fingerprint density at radius 2 is 2.00 bits per heavy atom. The van der Waals surface area contributed by atoms with Crippen LogP contribution in [0.4, 0.5) is 0 Å². The van der Waals surface area contributed by atoms with E-state index in [1.807, 2.05) is 12.1 Å². The molecule has 104 valence electrons. The number of halogens is 1. The van der Waals surface area contributed by atoms with Crippen LogP contribution in [0, 0.1) is 0 Å². The van der Waals surface area contributed by atoms with Crippen LogP contribution in [-0.4, -0.2) is 24.9 Å². The van der Waals surface area contributed by atoms with Crippen molar-refractivity contribution < 1.29 is 4.79 Å². The maximum atomic E-state index is 11.9. The molecule has 1 rings (SSSR count). The summed E-state index contributed by atoms with van der Waals surface area (Å²) >= 11 is 6.33. The van der Waals surface area contributed by atoms with Crippen molar-refractivity contribution in [3.63, 3.8) is 0 Å². The molecule has 1 amide bonds. The predicted molar refractivity (Wildman–Crippen MR) is 82.6 cm³/mol. The predicted octanol–water partition coefficient (Wildman–Crippen LogP) is 4.64. The molecule has 0 aliphatic carbocycles. The normalized spacial score (nSPS) is 11.5. The standard InChI is InChI=1S/C16H22ClNO/c1-5-7-12(8-6-2)14-10-9-13(11-15(14)17)16(19)18(3)4/h7,9-11H,5-6,8H2,1-4H3/b12-7+. The highest BCUT2D eigenvalue weighted by molar-refractivity contribution is 6.32. The van der Waals surface area contributed by atoms with Gasteiger partial charge >= 0.3 is 0 Å². The van der Waals surface area contributed by atoms with E-state index in [2.05, 4.69) is 19.9 Å². The zero-order valence-electron chi connectivity index (χ0n) is 12.2. The average molecular weight is 280 g/mol. The maximum Gasteiger partial charge on any atom is 0.253 e. The zero-order valence-corrected chi connectivity index (χ0v) is 12.9. The highest BCUT2D eigenvalue weighted by Gasteiger charge is 2.12. The summed E-state index contributed by atoms with van der Waals surface area (Å²) in [6.07, 6.45) is 5.29. The molecule has 0 heterocycles. The lowest BCUT2D eigenvalue weighted by molar-refractivity contribution is 0.0827. The number of amides is 1. The SMILES string of the molecule is CC/C=C(\CCC)c1ccc(C(=O)N(C)C)cc1Cl. The Balaban J connectivity index is 3.12. The molecule has 0 aliphatic rings. The van der Waals surface area contributed by atoms with Gasteiger partial charge in [-0.2, -0.15) is 0 Å². The van der Waals surface area contributed by atoms with Gasteiger partial charge in [0.15, 0.2) is 0 Å². The second kappa shape index (κ2) is 7.34. The number of hydrogen-bond acceptors (Lipinski definition) is 1. The van der Waals surface area contributed by atoms with Crippen LogP contribution in [0.3, 0.4) is 0 Å². The van der Waals surface area contributed by atoms with Gasteiger partial charge in [0.2, 0.25) is 0 Å². The first kappa shape index (κ1) is 15.8. The van der Waals surface area contributed by atoms with Crippen LogP contribution < -0.4 is 0 Å². The van der Waals surface area contributed by atoms with E-state index >= 15 is 0 Å². The highest BCUT2D eigenvalue weighted by Crippen LogP contribution is 2.28. The number of carbonyl (C=O) groups is 1. The van der Waals surface area contributed by atoms with E-state index in [4.69, 9.17) is 11.6 Å². The third-order valence-corrected chi connectivity index (χ3v) is 3.25. The Labute approximate surface area is 121 Å². The van der Waals surface area contributed by atoms with Crippen molar-refractivity contribution in [2.75, 3.05) is 14.1 Å². The molecule has 0 bridgehead atoms. The minimum Gasteiger partial charge on any atom is -0.345 e. The smallest absolute Gasteiger partial charge is 0.253 e. The lowest BCUT2D eigenvalue weighted by atomic mass is 9.99. The molecule has 1 aromatic carbocycles. The van der Waals surface area contributed by atoms with Gasteiger partial charge in [0.1, 0.15) is 0 Å². The van der Waals surface area contributed by atoms with E-state index in [1.165, 1.54) is 5.57 Å². The van der Waals surface area contributed by atoms with Gasteiger partial charge in [-0.25, -0.2) is 0 Å². The second-order valence-electron chi connectivity index (χ2n) is 4.78. The fourth-order valence-corrected chi connectivity index (χ4v) is 2.33. The van der Waals surface area contributed by atoms with E-state index in [-0.39, 0.29) is 5.91 Å². The number of hydrogen-bond donors (Lipinski definition) is 0. The molecule has 0 aromatic heterocycles. The van der Waals surface area contributed by atoms with Crippen LogP contribution in [0.15, 0.2) is 24.3 Å². The van der Waals surface area contributed by atoms with Gasteiger partial charge in [-0.1, -0.05) is 44.0 Å². The van der Waals surface area contributed by atoms with Crippen molar-refractivity contribution in [2.45, 2.75) is 33.1 Å². The molecule has 0 saturated carbocycles. The summed E-state index contributed by atoms with van der Waals surface area (Å²) in [5.41, 5.74) is 2.94. The summed E-state index contributed by atoms with van der Waals surface area (Å²) in [6.45, 7) is 4.27. The van der Waals surface area contributed by atoms with Crippen LogP contribution in [0.2, 0.25) is 5.02 Å². The minimum atomic E-state index is -0.0232. The van der Waals surface area contributed by atoms with Gasteiger partial charge in [0.25, 0.3) is 5.91 Å². The summed E-state index contributed by atoms with van der Waals surface area (Å²) in [6, 6.07) is 5.57. The number of carbonyl (C=O) groups excluding carboxylic acids is 1. The van der Waals surface area contributed by atoms with Gasteiger partial charge in [0.05, 0.1) is 0 Å². The van der Waals surface area contributed by atoms with E-state index in [1.54, 1.807) is 25.1 Å². The fraction of sp³-hybridized carbons (Fsp3) is 0.438. The van der Waals surface area contributed by atoms with Crippen molar-refractivity contribution in [1.29, 1.82) is 0 Å². The zero-order chi connectivity index (χ0) is 14.4. The van der Waals surface area contributed by atoms with Gasteiger partial charge in [-0.15, -0.1) is 0 Å². The Hall–Kier alpha value is -1.28. The summed E-state index contributed by atoms with van der Waals surface area (Å²) in [5.74, 6) is -0.0232. The molecular formula is C16H22ClNO. The summed E-state index contributed by atoms with van der Waals surface area (Å²) < 4.78 is 0. The lowest BCUT2D eigenvalue weighted by Gasteiger charge is -2.13. The molecule has 0 fully saturated rings. The molecule has 0 radical (unpaired) electrons. The highest BCUT2D eigenvalue weighted by atomic mass is 35.5. The first-order valence-corrected chi connectivity index (χ1v) is 7.09. The van der Waals surface area contributed by atoms with Crippen molar-refractivity contribution in [3.05, 3.63) is 40.4 Å². The molecule has 1 aromatic rings. The van der Waals surface area contributed by atoms with E-state index in [0.29, 0.717) is 10.6 Å². The van der Waals surface area contributed by atoms with Crippen LogP contribution in [0.25, 0.3) is 5.57 Å².